The molecule has 2 saturated heterocycles. The zero-order chi connectivity index (χ0) is 20.4. The third kappa shape index (κ3) is 3.84. The minimum Gasteiger partial charge on any atom is -0.366 e. The van der Waals surface area contributed by atoms with Gasteiger partial charge in [-0.2, -0.15) is 0 Å². The maximum absolute atomic E-state index is 12.6. The summed E-state index contributed by atoms with van der Waals surface area (Å²) < 4.78 is 0. The van der Waals surface area contributed by atoms with Gasteiger partial charge in [-0.25, -0.2) is 4.79 Å². The number of nitro groups is 1. The molecule has 4 rings (SSSR count). The number of rotatable bonds is 5. The third-order valence-corrected chi connectivity index (χ3v) is 5.17. The molecule has 0 aromatic heterocycles. The van der Waals surface area contributed by atoms with Gasteiger partial charge in [0.05, 0.1) is 4.92 Å². The molecule has 0 bridgehead atoms. The molecule has 2 fully saturated rings. The van der Waals surface area contributed by atoms with Crippen molar-refractivity contribution >= 4 is 34.7 Å². The Hall–Kier alpha value is -3.62. The van der Waals surface area contributed by atoms with Crippen LogP contribution in [0.25, 0.3) is 0 Å². The topological polar surface area (TPSA) is 108 Å². The predicted molar refractivity (Wildman–Crippen MR) is 110 cm³/mol. The van der Waals surface area contributed by atoms with Crippen LogP contribution in [0.2, 0.25) is 0 Å². The SMILES string of the molecule is O=C(Nc1ccc(N2CCNC2=O)cc1)c1ccc(N2CCCC2)c([N+](=O)[O-])c1. The van der Waals surface area contributed by atoms with Crippen molar-refractivity contribution in [1.29, 1.82) is 0 Å². The van der Waals surface area contributed by atoms with E-state index in [0.29, 0.717) is 24.5 Å². The molecule has 0 atom stereocenters. The van der Waals surface area contributed by atoms with Crippen LogP contribution in [-0.2, 0) is 0 Å². The summed E-state index contributed by atoms with van der Waals surface area (Å²) in [7, 11) is 0. The Labute approximate surface area is 167 Å². The molecule has 2 aliphatic heterocycles. The van der Waals surface area contributed by atoms with Crippen LogP contribution in [0.5, 0.6) is 0 Å². The summed E-state index contributed by atoms with van der Waals surface area (Å²) in [5.74, 6) is -0.423. The Morgan fingerprint density at radius 2 is 1.79 bits per heavy atom. The van der Waals surface area contributed by atoms with Crippen molar-refractivity contribution in [3.05, 3.63) is 58.1 Å². The largest absolute Gasteiger partial charge is 0.366 e. The van der Waals surface area contributed by atoms with Crippen molar-refractivity contribution in [2.24, 2.45) is 0 Å². The van der Waals surface area contributed by atoms with Crippen LogP contribution in [0.3, 0.4) is 0 Å². The van der Waals surface area contributed by atoms with Gasteiger partial charge in [0.1, 0.15) is 5.69 Å². The zero-order valence-electron chi connectivity index (χ0n) is 15.8. The first-order chi connectivity index (χ1) is 14.0. The van der Waals surface area contributed by atoms with Gasteiger partial charge in [-0.05, 0) is 49.2 Å². The standard InChI is InChI=1S/C20H21N5O4/c26-19(22-15-4-6-16(7-5-15)24-12-9-21-20(24)27)14-3-8-17(18(13-14)25(28)29)23-10-1-2-11-23/h3-8,13H,1-2,9-12H2,(H,21,27)(H,22,26). The summed E-state index contributed by atoms with van der Waals surface area (Å²) in [5.41, 5.74) is 2.00. The second-order valence-electron chi connectivity index (χ2n) is 7.04. The van der Waals surface area contributed by atoms with Crippen molar-refractivity contribution < 1.29 is 14.5 Å². The van der Waals surface area contributed by atoms with E-state index >= 15 is 0 Å². The highest BCUT2D eigenvalue weighted by Crippen LogP contribution is 2.32. The van der Waals surface area contributed by atoms with Gasteiger partial charge in [0.2, 0.25) is 0 Å². The minimum atomic E-state index is -0.444. The normalized spacial score (nSPS) is 16.1. The van der Waals surface area contributed by atoms with Crippen LogP contribution in [-0.4, -0.2) is 43.0 Å². The van der Waals surface area contributed by atoms with Gasteiger partial charge in [-0.1, -0.05) is 0 Å². The summed E-state index contributed by atoms with van der Waals surface area (Å²) in [6.45, 7) is 2.77. The van der Waals surface area contributed by atoms with Crippen molar-refractivity contribution in [3.8, 4) is 0 Å². The molecule has 3 amide bonds. The molecule has 0 unspecified atom stereocenters. The number of carbonyl (C=O) groups is 2. The van der Waals surface area contributed by atoms with E-state index in [9.17, 15) is 19.7 Å². The maximum atomic E-state index is 12.6. The monoisotopic (exact) mass is 395 g/mol. The Bertz CT molecular complexity index is 954. The van der Waals surface area contributed by atoms with E-state index in [4.69, 9.17) is 0 Å². The Morgan fingerprint density at radius 3 is 2.41 bits per heavy atom. The first-order valence-corrected chi connectivity index (χ1v) is 9.53. The van der Waals surface area contributed by atoms with Gasteiger partial charge in [0, 0.05) is 49.2 Å². The van der Waals surface area contributed by atoms with Gasteiger partial charge in [-0.3, -0.25) is 19.8 Å². The molecule has 9 nitrogen and oxygen atoms in total. The number of nitrogens with one attached hydrogen (secondary N) is 2. The lowest BCUT2D eigenvalue weighted by atomic mass is 10.1. The summed E-state index contributed by atoms with van der Waals surface area (Å²) in [6, 6.07) is 11.3. The summed E-state index contributed by atoms with van der Waals surface area (Å²) in [6.07, 6.45) is 2.02. The van der Waals surface area contributed by atoms with Crippen molar-refractivity contribution in [2.75, 3.05) is 41.3 Å². The van der Waals surface area contributed by atoms with Crippen LogP contribution < -0.4 is 20.4 Å². The lowest BCUT2D eigenvalue weighted by Gasteiger charge is -2.18. The second kappa shape index (κ2) is 7.78. The fraction of sp³-hybridized carbons (Fsp3) is 0.300. The lowest BCUT2D eigenvalue weighted by molar-refractivity contribution is -0.384. The molecule has 2 aliphatic rings. The highest BCUT2D eigenvalue weighted by atomic mass is 16.6. The van der Waals surface area contributed by atoms with Gasteiger partial charge < -0.3 is 15.5 Å². The molecule has 0 radical (unpaired) electrons. The molecule has 0 saturated carbocycles. The van der Waals surface area contributed by atoms with Crippen molar-refractivity contribution in [3.63, 3.8) is 0 Å². The van der Waals surface area contributed by atoms with Gasteiger partial charge in [-0.15, -0.1) is 0 Å². The second-order valence-corrected chi connectivity index (χ2v) is 7.04. The van der Waals surface area contributed by atoms with Gasteiger partial charge in [0.25, 0.3) is 11.6 Å². The number of anilines is 3. The molecule has 2 aromatic rings. The quantitative estimate of drug-likeness (QED) is 0.598. The van der Waals surface area contributed by atoms with Crippen LogP contribution in [0.1, 0.15) is 23.2 Å². The van der Waals surface area contributed by atoms with Crippen LogP contribution in [0.15, 0.2) is 42.5 Å². The molecule has 2 N–H and O–H groups in total. The highest BCUT2D eigenvalue weighted by Gasteiger charge is 2.24. The van der Waals surface area contributed by atoms with E-state index in [1.165, 1.54) is 6.07 Å². The van der Waals surface area contributed by atoms with E-state index in [1.54, 1.807) is 41.3 Å². The lowest BCUT2D eigenvalue weighted by Crippen LogP contribution is -2.27. The van der Waals surface area contributed by atoms with Crippen molar-refractivity contribution in [1.82, 2.24) is 5.32 Å². The minimum absolute atomic E-state index is 0.0602. The average Bonchev–Trinajstić information content (AvgIpc) is 3.40. The number of hydrogen-bond donors (Lipinski definition) is 2. The number of nitro benzene ring substituents is 1. The number of carbonyl (C=O) groups excluding carboxylic acids is 2. The molecular formula is C20H21N5O4. The van der Waals surface area contributed by atoms with Crippen LogP contribution in [0, 0.1) is 10.1 Å². The molecule has 150 valence electrons. The molecular weight excluding hydrogens is 374 g/mol. The summed E-state index contributed by atoms with van der Waals surface area (Å²) in [4.78, 5) is 39.0. The molecule has 0 aliphatic carbocycles. The average molecular weight is 395 g/mol. The number of hydrogen-bond acceptors (Lipinski definition) is 5. The molecule has 2 heterocycles. The Balaban J connectivity index is 1.50. The first kappa shape index (κ1) is 18.7. The van der Waals surface area contributed by atoms with E-state index in [1.807, 2.05) is 4.90 Å². The predicted octanol–water partition coefficient (Wildman–Crippen LogP) is 2.98. The molecule has 0 spiro atoms. The number of urea groups is 1. The fourth-order valence-corrected chi connectivity index (χ4v) is 3.68. The number of amides is 3. The van der Waals surface area contributed by atoms with Gasteiger partial charge in [0.15, 0.2) is 0 Å². The molecule has 29 heavy (non-hydrogen) atoms. The van der Waals surface area contributed by atoms with E-state index in [2.05, 4.69) is 10.6 Å². The summed E-state index contributed by atoms with van der Waals surface area (Å²) in [5, 5.41) is 17.0. The summed E-state index contributed by atoms with van der Waals surface area (Å²) >= 11 is 0. The van der Waals surface area contributed by atoms with Crippen molar-refractivity contribution in [2.45, 2.75) is 12.8 Å². The maximum Gasteiger partial charge on any atom is 0.321 e. The first-order valence-electron chi connectivity index (χ1n) is 9.53. The Kier molecular flexibility index (Phi) is 5.03. The van der Waals surface area contributed by atoms with E-state index in [0.717, 1.165) is 31.6 Å². The van der Waals surface area contributed by atoms with E-state index < -0.39 is 10.8 Å². The third-order valence-electron chi connectivity index (χ3n) is 5.17. The fourth-order valence-electron chi connectivity index (χ4n) is 3.68. The number of nitrogens with zero attached hydrogens (tertiary/aromatic N) is 3. The Morgan fingerprint density at radius 1 is 1.07 bits per heavy atom. The van der Waals surface area contributed by atoms with Crippen LogP contribution >= 0.6 is 0 Å². The smallest absolute Gasteiger partial charge is 0.321 e. The zero-order valence-corrected chi connectivity index (χ0v) is 15.8. The molecule has 2 aromatic carbocycles. The van der Waals surface area contributed by atoms with Crippen LogP contribution in [0.4, 0.5) is 27.5 Å². The molecule has 9 heteroatoms. The van der Waals surface area contributed by atoms with Gasteiger partial charge >= 0.3 is 6.03 Å². The highest BCUT2D eigenvalue weighted by molar-refractivity contribution is 6.05. The number of benzene rings is 2. The van der Waals surface area contributed by atoms with E-state index in [-0.39, 0.29) is 17.3 Å².